The van der Waals surface area contributed by atoms with Crippen LogP contribution in [0.15, 0.2) is 11.6 Å². The van der Waals surface area contributed by atoms with Gasteiger partial charge in [0.15, 0.2) is 6.17 Å². The van der Waals surface area contributed by atoms with Crippen LogP contribution in [0.3, 0.4) is 0 Å². The molecule has 0 aliphatic heterocycles. The van der Waals surface area contributed by atoms with E-state index in [2.05, 4.69) is 19.9 Å². The van der Waals surface area contributed by atoms with Crippen LogP contribution in [0.5, 0.6) is 0 Å². The van der Waals surface area contributed by atoms with E-state index in [0.29, 0.717) is 6.42 Å². The van der Waals surface area contributed by atoms with Gasteiger partial charge in [0.1, 0.15) is 6.17 Å². The maximum Gasteiger partial charge on any atom is 0.158 e. The average molecular weight is 343 g/mol. The molecule has 0 amide bonds. The molecule has 0 aromatic rings. The van der Waals surface area contributed by atoms with E-state index in [9.17, 15) is 8.78 Å². The van der Waals surface area contributed by atoms with Gasteiger partial charge in [-0.3, -0.25) is 0 Å². The number of halogens is 2. The van der Waals surface area contributed by atoms with E-state index in [1.54, 1.807) is 0 Å². The van der Waals surface area contributed by atoms with Crippen molar-refractivity contribution in [3.05, 3.63) is 11.6 Å². The Hall–Kier alpha value is -0.440. The number of rotatable bonds is 8. The van der Waals surface area contributed by atoms with Gasteiger partial charge in [0, 0.05) is 13.0 Å². The van der Waals surface area contributed by atoms with Crippen molar-refractivity contribution in [2.24, 2.45) is 17.8 Å². The Morgan fingerprint density at radius 3 is 2.58 bits per heavy atom. The standard InChI is InChI=1S/C21H36F2O/c1-4-6-15(2)7-5-8-16-9-11-17(12-10-16)18-13-14-19(24-3)21(23)20(18)22/h11,15-16,18-21H,4-10,12-14H2,1-3H3/t15?,16?,18?,19?,20?,21-/m0/s1. The Kier molecular flexibility index (Phi) is 8.19. The molecule has 0 spiro atoms. The van der Waals surface area contributed by atoms with Gasteiger partial charge < -0.3 is 4.74 Å². The Morgan fingerprint density at radius 2 is 1.96 bits per heavy atom. The zero-order valence-electron chi connectivity index (χ0n) is 15.8. The lowest BCUT2D eigenvalue weighted by Gasteiger charge is -2.37. The predicted octanol–water partition coefficient (Wildman–Crippen LogP) is 6.42. The van der Waals surface area contributed by atoms with E-state index >= 15 is 0 Å². The third-order valence-corrected chi connectivity index (χ3v) is 6.23. The van der Waals surface area contributed by atoms with Crippen LogP contribution in [0.1, 0.15) is 78.1 Å². The summed E-state index contributed by atoms with van der Waals surface area (Å²) < 4.78 is 33.6. The summed E-state index contributed by atoms with van der Waals surface area (Å²) in [6.45, 7) is 4.61. The van der Waals surface area contributed by atoms with E-state index in [0.717, 1.165) is 37.5 Å². The molecule has 6 atom stereocenters. The summed E-state index contributed by atoms with van der Waals surface area (Å²) in [5, 5.41) is 0. The topological polar surface area (TPSA) is 9.23 Å². The number of methoxy groups -OCH3 is 1. The minimum Gasteiger partial charge on any atom is -0.378 e. The lowest BCUT2D eigenvalue weighted by Crippen LogP contribution is -2.43. The molecule has 2 rings (SSSR count). The summed E-state index contributed by atoms with van der Waals surface area (Å²) in [6, 6.07) is 0. The largest absolute Gasteiger partial charge is 0.378 e. The average Bonchev–Trinajstić information content (AvgIpc) is 2.58. The van der Waals surface area contributed by atoms with Crippen molar-refractivity contribution in [3.63, 3.8) is 0 Å². The fourth-order valence-electron chi connectivity index (χ4n) is 4.63. The maximum absolute atomic E-state index is 14.4. The number of hydrogen-bond acceptors (Lipinski definition) is 1. The molecular weight excluding hydrogens is 306 g/mol. The maximum atomic E-state index is 14.4. The second-order valence-electron chi connectivity index (χ2n) is 8.09. The number of hydrogen-bond donors (Lipinski definition) is 0. The Morgan fingerprint density at radius 1 is 1.17 bits per heavy atom. The molecule has 1 fully saturated rings. The van der Waals surface area contributed by atoms with Crippen molar-refractivity contribution in [2.45, 2.75) is 96.5 Å². The van der Waals surface area contributed by atoms with Gasteiger partial charge in [-0.05, 0) is 43.9 Å². The molecule has 3 heteroatoms. The van der Waals surface area contributed by atoms with Crippen LogP contribution in [-0.2, 0) is 4.74 Å². The summed E-state index contributed by atoms with van der Waals surface area (Å²) in [5.41, 5.74) is 1.18. The first-order valence-corrected chi connectivity index (χ1v) is 10.1. The zero-order chi connectivity index (χ0) is 17.5. The van der Waals surface area contributed by atoms with Gasteiger partial charge in [0.2, 0.25) is 0 Å². The van der Waals surface area contributed by atoms with Gasteiger partial charge >= 0.3 is 0 Å². The second kappa shape index (κ2) is 9.89. The molecule has 1 saturated carbocycles. The highest BCUT2D eigenvalue weighted by Crippen LogP contribution is 2.40. The highest BCUT2D eigenvalue weighted by molar-refractivity contribution is 5.15. The molecular formula is C21H36F2O. The summed E-state index contributed by atoms with van der Waals surface area (Å²) in [4.78, 5) is 0. The van der Waals surface area contributed by atoms with E-state index < -0.39 is 18.4 Å². The number of ether oxygens (including phenoxy) is 1. The molecule has 2 aliphatic carbocycles. The first kappa shape index (κ1) is 19.9. The summed E-state index contributed by atoms with van der Waals surface area (Å²) >= 11 is 0. The van der Waals surface area contributed by atoms with E-state index in [-0.39, 0.29) is 5.92 Å². The molecule has 0 saturated heterocycles. The van der Waals surface area contributed by atoms with Crippen molar-refractivity contribution in [1.82, 2.24) is 0 Å². The second-order valence-corrected chi connectivity index (χ2v) is 8.09. The predicted molar refractivity (Wildman–Crippen MR) is 96.7 cm³/mol. The summed E-state index contributed by atoms with van der Waals surface area (Å²) in [6.07, 6.45) is 9.92. The fraction of sp³-hybridized carbons (Fsp3) is 0.905. The van der Waals surface area contributed by atoms with Crippen LogP contribution in [-0.4, -0.2) is 25.6 Å². The molecule has 0 aromatic heterocycles. The molecule has 0 heterocycles. The quantitative estimate of drug-likeness (QED) is 0.462. The molecule has 0 radical (unpaired) electrons. The van der Waals surface area contributed by atoms with Crippen LogP contribution >= 0.6 is 0 Å². The van der Waals surface area contributed by atoms with Crippen LogP contribution in [0.25, 0.3) is 0 Å². The lowest BCUT2D eigenvalue weighted by atomic mass is 9.74. The van der Waals surface area contributed by atoms with Gasteiger partial charge in [-0.15, -0.1) is 0 Å². The molecule has 0 bridgehead atoms. The number of alkyl halides is 2. The first-order valence-electron chi connectivity index (χ1n) is 10.1. The fourth-order valence-corrected chi connectivity index (χ4v) is 4.63. The zero-order valence-corrected chi connectivity index (χ0v) is 15.8. The molecule has 1 nitrogen and oxygen atoms in total. The van der Waals surface area contributed by atoms with Gasteiger partial charge in [-0.1, -0.05) is 57.6 Å². The van der Waals surface area contributed by atoms with Crippen molar-refractivity contribution in [3.8, 4) is 0 Å². The van der Waals surface area contributed by atoms with E-state index in [4.69, 9.17) is 4.74 Å². The normalized spacial score (nSPS) is 35.5. The van der Waals surface area contributed by atoms with E-state index in [1.807, 2.05) is 0 Å². The highest BCUT2D eigenvalue weighted by Gasteiger charge is 2.42. The van der Waals surface area contributed by atoms with Crippen molar-refractivity contribution in [1.29, 1.82) is 0 Å². The molecule has 24 heavy (non-hydrogen) atoms. The molecule has 5 unspecified atom stereocenters. The molecule has 140 valence electrons. The van der Waals surface area contributed by atoms with Crippen molar-refractivity contribution in [2.75, 3.05) is 7.11 Å². The minimum absolute atomic E-state index is 0.211. The summed E-state index contributed by atoms with van der Waals surface area (Å²) in [7, 11) is 1.48. The van der Waals surface area contributed by atoms with Gasteiger partial charge in [-0.25, -0.2) is 8.78 Å². The smallest absolute Gasteiger partial charge is 0.158 e. The highest BCUT2D eigenvalue weighted by atomic mass is 19.2. The molecule has 0 aromatic carbocycles. The van der Waals surface area contributed by atoms with Crippen LogP contribution in [0, 0.1) is 17.8 Å². The Balaban J connectivity index is 1.76. The van der Waals surface area contributed by atoms with Gasteiger partial charge in [0.25, 0.3) is 0 Å². The van der Waals surface area contributed by atoms with Gasteiger partial charge in [-0.2, -0.15) is 0 Å². The Bertz CT molecular complexity index is 395. The molecule has 2 aliphatic rings. The third-order valence-electron chi connectivity index (χ3n) is 6.23. The minimum atomic E-state index is -1.47. The van der Waals surface area contributed by atoms with Crippen molar-refractivity contribution >= 4 is 0 Å². The molecule has 0 N–H and O–H groups in total. The van der Waals surface area contributed by atoms with Crippen LogP contribution < -0.4 is 0 Å². The van der Waals surface area contributed by atoms with Crippen LogP contribution in [0.4, 0.5) is 8.78 Å². The van der Waals surface area contributed by atoms with E-state index in [1.165, 1.54) is 44.8 Å². The summed E-state index contributed by atoms with van der Waals surface area (Å²) in [5.74, 6) is 1.38. The SMILES string of the molecule is CCCC(C)CCCC1CC=C(C2CCC(OC)[C@H](F)C2F)CC1. The number of allylic oxidation sites excluding steroid dienone is 2. The monoisotopic (exact) mass is 342 g/mol. The lowest BCUT2D eigenvalue weighted by molar-refractivity contribution is -0.0497. The van der Waals surface area contributed by atoms with Gasteiger partial charge in [0.05, 0.1) is 6.10 Å². The van der Waals surface area contributed by atoms with Crippen molar-refractivity contribution < 1.29 is 13.5 Å². The third kappa shape index (κ3) is 5.28. The van der Waals surface area contributed by atoms with Crippen LogP contribution in [0.2, 0.25) is 0 Å². The Labute approximate surface area is 147 Å². The first-order chi connectivity index (χ1) is 11.6.